The molecule has 3 N–H and O–H groups in total. The highest BCUT2D eigenvalue weighted by Crippen LogP contribution is 2.29. The van der Waals surface area contributed by atoms with Crippen molar-refractivity contribution in [2.24, 2.45) is 5.73 Å². The lowest BCUT2D eigenvalue weighted by Gasteiger charge is -2.11. The number of hydrogen-bond donors (Lipinski definition) is 2. The minimum absolute atomic E-state index is 0. The van der Waals surface area contributed by atoms with Gasteiger partial charge in [0.05, 0.1) is 14.3 Å². The second kappa shape index (κ2) is 6.82. The third-order valence-electron chi connectivity index (χ3n) is 1.85. The van der Waals surface area contributed by atoms with Crippen molar-refractivity contribution in [2.45, 2.75) is 6.04 Å². The predicted molar refractivity (Wildman–Crippen MR) is 79.7 cm³/mol. The largest absolute Gasteiger partial charge is 0.506 e. The van der Waals surface area contributed by atoms with Gasteiger partial charge in [-0.15, -0.1) is 12.4 Å². The molecule has 7 heteroatoms. The van der Waals surface area contributed by atoms with Crippen LogP contribution in [0.25, 0.3) is 0 Å². The molecule has 0 saturated heterocycles. The van der Waals surface area contributed by atoms with Crippen molar-refractivity contribution >= 4 is 63.6 Å². The monoisotopic (exact) mass is 469 g/mol. The van der Waals surface area contributed by atoms with Crippen molar-refractivity contribution in [1.82, 2.24) is 0 Å². The lowest BCUT2D eigenvalue weighted by Crippen LogP contribution is -2.22. The molecule has 0 spiro atoms. The van der Waals surface area contributed by atoms with E-state index in [1.54, 1.807) is 12.1 Å². The van der Waals surface area contributed by atoms with Crippen LogP contribution in [0.15, 0.2) is 12.1 Å². The average molecular weight is 469 g/mol. The van der Waals surface area contributed by atoms with Crippen LogP contribution in [0.5, 0.6) is 5.75 Å². The first-order valence-corrected chi connectivity index (χ1v) is 6.14. The lowest BCUT2D eigenvalue weighted by atomic mass is 10.1. The summed E-state index contributed by atoms with van der Waals surface area (Å²) in [7, 11) is 1.29. The summed E-state index contributed by atoms with van der Waals surface area (Å²) in [6.07, 6.45) is 0. The first-order chi connectivity index (χ1) is 6.97. The van der Waals surface area contributed by atoms with Gasteiger partial charge < -0.3 is 15.6 Å². The van der Waals surface area contributed by atoms with Crippen LogP contribution in [0.2, 0.25) is 0 Å². The summed E-state index contributed by atoms with van der Waals surface area (Å²) >= 11 is 3.96. The SMILES string of the molecule is COC(=O)[C@@H](N)c1cc(I)c(O)c(I)c1.Cl. The Bertz CT molecular complexity index is 377. The molecule has 1 rings (SSSR count). The molecular formula is C9H10ClI2NO3. The molecule has 0 unspecified atom stereocenters. The summed E-state index contributed by atoms with van der Waals surface area (Å²) in [6.45, 7) is 0. The molecule has 0 radical (unpaired) electrons. The normalized spacial score (nSPS) is 11.5. The fourth-order valence-electron chi connectivity index (χ4n) is 1.03. The zero-order valence-electron chi connectivity index (χ0n) is 8.24. The van der Waals surface area contributed by atoms with Crippen molar-refractivity contribution in [3.05, 3.63) is 24.8 Å². The topological polar surface area (TPSA) is 72.5 Å². The zero-order chi connectivity index (χ0) is 11.6. The van der Waals surface area contributed by atoms with Gasteiger partial charge in [0.2, 0.25) is 0 Å². The molecule has 0 fully saturated rings. The summed E-state index contributed by atoms with van der Waals surface area (Å²) in [5.41, 5.74) is 6.31. The van der Waals surface area contributed by atoms with E-state index < -0.39 is 12.0 Å². The summed E-state index contributed by atoms with van der Waals surface area (Å²) < 4.78 is 5.87. The summed E-state index contributed by atoms with van der Waals surface area (Å²) in [5.74, 6) is -0.288. The predicted octanol–water partition coefficient (Wildman–Crippen LogP) is 2.20. The smallest absolute Gasteiger partial charge is 0.327 e. The number of hydrogen-bond acceptors (Lipinski definition) is 4. The molecule has 90 valence electrons. The highest BCUT2D eigenvalue weighted by Gasteiger charge is 2.18. The minimum Gasteiger partial charge on any atom is -0.506 e. The second-order valence-electron chi connectivity index (χ2n) is 2.83. The van der Waals surface area contributed by atoms with E-state index >= 15 is 0 Å². The van der Waals surface area contributed by atoms with Gasteiger partial charge in [-0.25, -0.2) is 0 Å². The van der Waals surface area contributed by atoms with Crippen LogP contribution < -0.4 is 5.73 Å². The van der Waals surface area contributed by atoms with E-state index in [0.717, 1.165) is 0 Å². The van der Waals surface area contributed by atoms with Crippen molar-refractivity contribution in [2.75, 3.05) is 7.11 Å². The Kier molecular flexibility index (Phi) is 6.90. The van der Waals surface area contributed by atoms with Crippen LogP contribution in [0.1, 0.15) is 11.6 Å². The zero-order valence-corrected chi connectivity index (χ0v) is 13.4. The highest BCUT2D eigenvalue weighted by atomic mass is 127. The maximum atomic E-state index is 11.2. The van der Waals surface area contributed by atoms with Gasteiger partial charge in [-0.2, -0.15) is 0 Å². The van der Waals surface area contributed by atoms with E-state index in [0.29, 0.717) is 12.7 Å². The molecule has 0 bridgehead atoms. The molecule has 16 heavy (non-hydrogen) atoms. The number of benzene rings is 1. The van der Waals surface area contributed by atoms with E-state index in [1.165, 1.54) is 7.11 Å². The fraction of sp³-hybridized carbons (Fsp3) is 0.222. The molecule has 0 aliphatic rings. The third kappa shape index (κ3) is 3.60. The lowest BCUT2D eigenvalue weighted by molar-refractivity contribution is -0.142. The van der Waals surface area contributed by atoms with Crippen molar-refractivity contribution in [3.63, 3.8) is 0 Å². The number of phenols is 1. The van der Waals surface area contributed by atoms with Gasteiger partial charge in [-0.3, -0.25) is 4.79 Å². The van der Waals surface area contributed by atoms with Crippen molar-refractivity contribution in [1.29, 1.82) is 0 Å². The maximum absolute atomic E-state index is 11.2. The summed E-state index contributed by atoms with van der Waals surface area (Å²) in [4.78, 5) is 11.2. The number of aromatic hydroxyl groups is 1. The molecule has 1 aromatic rings. The number of carbonyl (C=O) groups is 1. The molecule has 0 heterocycles. The Morgan fingerprint density at radius 3 is 2.25 bits per heavy atom. The first-order valence-electron chi connectivity index (χ1n) is 3.98. The molecule has 0 aliphatic heterocycles. The van der Waals surface area contributed by atoms with Crippen molar-refractivity contribution < 1.29 is 14.6 Å². The van der Waals surface area contributed by atoms with Gasteiger partial charge in [0.25, 0.3) is 0 Å². The van der Waals surface area contributed by atoms with Crippen LogP contribution in [-0.2, 0) is 9.53 Å². The highest BCUT2D eigenvalue weighted by molar-refractivity contribution is 14.1. The number of ether oxygens (including phenoxy) is 1. The average Bonchev–Trinajstić information content (AvgIpc) is 2.23. The third-order valence-corrected chi connectivity index (χ3v) is 3.50. The Balaban J connectivity index is 0.00000225. The Hall–Kier alpha value is 0.200. The minimum atomic E-state index is -0.808. The van der Waals surface area contributed by atoms with Crippen LogP contribution in [0, 0.1) is 7.14 Å². The first kappa shape index (κ1) is 16.2. The van der Waals surface area contributed by atoms with Crippen LogP contribution in [0.4, 0.5) is 0 Å². The number of methoxy groups -OCH3 is 1. The maximum Gasteiger partial charge on any atom is 0.327 e. The van der Waals surface area contributed by atoms with Crippen molar-refractivity contribution in [3.8, 4) is 5.75 Å². The molecule has 0 saturated carbocycles. The number of phenolic OH excluding ortho intramolecular Hbond substituents is 1. The number of esters is 1. The van der Waals surface area contributed by atoms with Gasteiger partial charge in [0.15, 0.2) is 0 Å². The molecule has 4 nitrogen and oxygen atoms in total. The Labute approximate surface area is 127 Å². The molecule has 1 atom stereocenters. The number of rotatable bonds is 2. The van der Waals surface area contributed by atoms with E-state index in [1.807, 2.05) is 45.2 Å². The van der Waals surface area contributed by atoms with Gasteiger partial charge in [-0.1, -0.05) is 0 Å². The molecule has 0 aromatic heterocycles. The Morgan fingerprint density at radius 1 is 1.44 bits per heavy atom. The van der Waals surface area contributed by atoms with E-state index in [-0.39, 0.29) is 18.2 Å². The molecule has 0 amide bonds. The van der Waals surface area contributed by atoms with Crippen LogP contribution >= 0.6 is 57.6 Å². The Morgan fingerprint density at radius 2 is 1.88 bits per heavy atom. The second-order valence-corrected chi connectivity index (χ2v) is 5.16. The molecule has 0 aliphatic carbocycles. The fourth-order valence-corrected chi connectivity index (χ4v) is 2.84. The molecule has 1 aromatic carbocycles. The number of nitrogens with two attached hydrogens (primary N) is 1. The quantitative estimate of drug-likeness (QED) is 0.515. The van der Waals surface area contributed by atoms with E-state index in [9.17, 15) is 9.90 Å². The van der Waals surface area contributed by atoms with Crippen LogP contribution in [0.3, 0.4) is 0 Å². The standard InChI is InChI=1S/C9H9I2NO3.ClH/c1-15-9(14)7(12)4-2-5(10)8(13)6(11)3-4;/h2-3,7,13H,12H2,1H3;1H/t7-;/m0./s1. The van der Waals surface area contributed by atoms with Crippen LogP contribution in [-0.4, -0.2) is 18.2 Å². The summed E-state index contributed by atoms with van der Waals surface area (Å²) in [6, 6.07) is 2.52. The summed E-state index contributed by atoms with van der Waals surface area (Å²) in [5, 5.41) is 9.54. The number of halogens is 3. The molecular weight excluding hydrogens is 459 g/mol. The number of carbonyl (C=O) groups excluding carboxylic acids is 1. The van der Waals surface area contributed by atoms with Gasteiger partial charge in [-0.05, 0) is 62.9 Å². The van der Waals surface area contributed by atoms with Gasteiger partial charge in [0, 0.05) is 0 Å². The van der Waals surface area contributed by atoms with Gasteiger partial charge >= 0.3 is 5.97 Å². The van der Waals surface area contributed by atoms with E-state index in [2.05, 4.69) is 4.74 Å². The van der Waals surface area contributed by atoms with Gasteiger partial charge in [0.1, 0.15) is 11.8 Å². The van der Waals surface area contributed by atoms with E-state index in [4.69, 9.17) is 5.73 Å².